The third-order valence-electron chi connectivity index (χ3n) is 4.82. The van der Waals surface area contributed by atoms with Crippen LogP contribution in [0.3, 0.4) is 0 Å². The topological polar surface area (TPSA) is 91.8 Å². The van der Waals surface area contributed by atoms with Crippen LogP contribution in [0.4, 0.5) is 4.39 Å². The molecule has 0 aromatic heterocycles. The average Bonchev–Trinajstić information content (AvgIpc) is 2.99. The molecule has 1 aliphatic rings. The molecular formula is C18H27FN2O5S2. The molecule has 1 fully saturated rings. The summed E-state index contributed by atoms with van der Waals surface area (Å²) in [5.41, 5.74) is 0. The summed E-state index contributed by atoms with van der Waals surface area (Å²) in [4.78, 5) is 14.2. The van der Waals surface area contributed by atoms with Gasteiger partial charge in [0.15, 0.2) is 9.84 Å². The summed E-state index contributed by atoms with van der Waals surface area (Å²) < 4.78 is 62.5. The fourth-order valence-electron chi connectivity index (χ4n) is 3.28. The molecular weight excluding hydrogens is 407 g/mol. The molecule has 1 heterocycles. The van der Waals surface area contributed by atoms with E-state index in [2.05, 4.69) is 0 Å². The van der Waals surface area contributed by atoms with E-state index in [0.717, 1.165) is 22.9 Å². The second-order valence-electron chi connectivity index (χ2n) is 7.03. The minimum absolute atomic E-state index is 0.00239. The quantitative estimate of drug-likeness (QED) is 0.589. The van der Waals surface area contributed by atoms with Crippen LogP contribution in [0.25, 0.3) is 0 Å². The van der Waals surface area contributed by atoms with Gasteiger partial charge in [-0.25, -0.2) is 25.5 Å². The van der Waals surface area contributed by atoms with Crippen molar-refractivity contribution in [3.8, 4) is 0 Å². The lowest BCUT2D eigenvalue weighted by Crippen LogP contribution is -2.41. The van der Waals surface area contributed by atoms with Crippen molar-refractivity contribution >= 4 is 25.8 Å². The number of carbonyl (C=O) groups is 1. The highest BCUT2D eigenvalue weighted by Gasteiger charge is 2.34. The number of hydrogen-bond acceptors (Lipinski definition) is 5. The Hall–Kier alpha value is -1.52. The zero-order valence-electron chi connectivity index (χ0n) is 16.2. The second-order valence-corrected chi connectivity index (χ2v) is 11.3. The minimum Gasteiger partial charge on any atom is -0.339 e. The molecule has 1 aromatic rings. The van der Waals surface area contributed by atoms with E-state index in [-0.39, 0.29) is 41.3 Å². The largest absolute Gasteiger partial charge is 0.339 e. The molecule has 1 amide bonds. The molecule has 1 atom stereocenters. The van der Waals surface area contributed by atoms with Crippen molar-refractivity contribution in [1.29, 1.82) is 0 Å². The molecule has 1 saturated heterocycles. The van der Waals surface area contributed by atoms with Gasteiger partial charge < -0.3 is 4.90 Å². The van der Waals surface area contributed by atoms with E-state index >= 15 is 0 Å². The maximum atomic E-state index is 13.0. The van der Waals surface area contributed by atoms with Crippen LogP contribution >= 0.6 is 0 Å². The monoisotopic (exact) mass is 434 g/mol. The number of sulfone groups is 1. The predicted octanol–water partition coefficient (Wildman–Crippen LogP) is 1.65. The van der Waals surface area contributed by atoms with E-state index < -0.39 is 25.7 Å². The molecule has 0 saturated carbocycles. The zero-order valence-corrected chi connectivity index (χ0v) is 17.8. The number of sulfonamides is 1. The van der Waals surface area contributed by atoms with Crippen molar-refractivity contribution in [3.63, 3.8) is 0 Å². The van der Waals surface area contributed by atoms with Gasteiger partial charge in [0, 0.05) is 32.6 Å². The lowest BCUT2D eigenvalue weighted by Gasteiger charge is -2.28. The standard InChI is InChI=1S/C18H27FN2O5S2/c1-3-11-21(16-10-13-27(23,24)14-16)18(22)5-4-12-20(2)28(25,26)17-8-6-15(19)7-9-17/h6-9,16H,3-5,10-14H2,1-2H3. The van der Waals surface area contributed by atoms with Gasteiger partial charge in [0.25, 0.3) is 0 Å². The van der Waals surface area contributed by atoms with Crippen molar-refractivity contribution < 1.29 is 26.0 Å². The molecule has 2 rings (SSSR count). The molecule has 1 aliphatic heterocycles. The lowest BCUT2D eigenvalue weighted by atomic mass is 10.1. The number of rotatable bonds is 9. The summed E-state index contributed by atoms with van der Waals surface area (Å²) in [5.74, 6) is -0.574. The Morgan fingerprint density at radius 1 is 1.21 bits per heavy atom. The van der Waals surface area contributed by atoms with E-state index in [0.29, 0.717) is 19.4 Å². The molecule has 0 radical (unpaired) electrons. The first-order valence-corrected chi connectivity index (χ1v) is 12.5. The van der Waals surface area contributed by atoms with Crippen LogP contribution in [0.5, 0.6) is 0 Å². The lowest BCUT2D eigenvalue weighted by molar-refractivity contribution is -0.133. The first-order valence-electron chi connectivity index (χ1n) is 9.28. The summed E-state index contributed by atoms with van der Waals surface area (Å²) >= 11 is 0. The summed E-state index contributed by atoms with van der Waals surface area (Å²) in [7, 11) is -5.43. The van der Waals surface area contributed by atoms with E-state index in [9.17, 15) is 26.0 Å². The number of benzene rings is 1. The maximum absolute atomic E-state index is 13.0. The van der Waals surface area contributed by atoms with Crippen molar-refractivity contribution in [2.75, 3.05) is 31.6 Å². The van der Waals surface area contributed by atoms with Crippen LogP contribution in [-0.4, -0.2) is 69.6 Å². The van der Waals surface area contributed by atoms with E-state index in [4.69, 9.17) is 0 Å². The van der Waals surface area contributed by atoms with Gasteiger partial charge in [-0.3, -0.25) is 4.79 Å². The fourth-order valence-corrected chi connectivity index (χ4v) is 6.22. The summed E-state index contributed by atoms with van der Waals surface area (Å²) in [6.45, 7) is 2.55. The molecule has 158 valence electrons. The van der Waals surface area contributed by atoms with Crippen molar-refractivity contribution in [1.82, 2.24) is 9.21 Å². The van der Waals surface area contributed by atoms with E-state index in [1.54, 1.807) is 4.90 Å². The van der Waals surface area contributed by atoms with E-state index in [1.807, 2.05) is 6.92 Å². The average molecular weight is 435 g/mol. The fraction of sp³-hybridized carbons (Fsp3) is 0.611. The van der Waals surface area contributed by atoms with Crippen LogP contribution in [0.2, 0.25) is 0 Å². The van der Waals surface area contributed by atoms with Crippen LogP contribution in [0.1, 0.15) is 32.6 Å². The van der Waals surface area contributed by atoms with Gasteiger partial charge in [0.1, 0.15) is 5.82 Å². The summed E-state index contributed by atoms with van der Waals surface area (Å²) in [6.07, 6.45) is 1.63. The second kappa shape index (κ2) is 9.32. The summed E-state index contributed by atoms with van der Waals surface area (Å²) in [5, 5.41) is 0. The molecule has 10 heteroatoms. The Kier molecular flexibility index (Phi) is 7.58. The predicted molar refractivity (Wildman–Crippen MR) is 105 cm³/mol. The third kappa shape index (κ3) is 5.74. The number of carbonyl (C=O) groups excluding carboxylic acids is 1. The molecule has 7 nitrogen and oxygen atoms in total. The molecule has 1 unspecified atom stereocenters. The Labute approximate surface area is 166 Å². The van der Waals surface area contributed by atoms with Crippen molar-refractivity contribution in [3.05, 3.63) is 30.1 Å². The first-order chi connectivity index (χ1) is 13.1. The molecule has 0 N–H and O–H groups in total. The first kappa shape index (κ1) is 22.8. The number of hydrogen-bond donors (Lipinski definition) is 0. The Morgan fingerprint density at radius 3 is 2.39 bits per heavy atom. The van der Waals surface area contributed by atoms with Gasteiger partial charge in [-0.15, -0.1) is 0 Å². The normalized spacial score (nSPS) is 19.1. The smallest absolute Gasteiger partial charge is 0.242 e. The number of amides is 1. The van der Waals surface area contributed by atoms with Crippen LogP contribution < -0.4 is 0 Å². The molecule has 0 spiro atoms. The number of nitrogens with zero attached hydrogens (tertiary/aromatic N) is 2. The molecule has 28 heavy (non-hydrogen) atoms. The van der Waals surface area contributed by atoms with Crippen molar-refractivity contribution in [2.24, 2.45) is 0 Å². The highest BCUT2D eigenvalue weighted by atomic mass is 32.2. The minimum atomic E-state index is -3.75. The van der Waals surface area contributed by atoms with Crippen LogP contribution in [-0.2, 0) is 24.7 Å². The Morgan fingerprint density at radius 2 is 1.86 bits per heavy atom. The van der Waals surface area contributed by atoms with Gasteiger partial charge >= 0.3 is 0 Å². The maximum Gasteiger partial charge on any atom is 0.242 e. The van der Waals surface area contributed by atoms with Gasteiger partial charge in [-0.1, -0.05) is 6.92 Å². The van der Waals surface area contributed by atoms with Gasteiger partial charge in [0.05, 0.1) is 16.4 Å². The van der Waals surface area contributed by atoms with Gasteiger partial charge in [-0.05, 0) is 43.5 Å². The van der Waals surface area contributed by atoms with Gasteiger partial charge in [0.2, 0.25) is 15.9 Å². The Bertz CT molecular complexity index is 885. The van der Waals surface area contributed by atoms with Crippen LogP contribution in [0, 0.1) is 5.82 Å². The molecule has 1 aromatic carbocycles. The van der Waals surface area contributed by atoms with Crippen LogP contribution in [0.15, 0.2) is 29.2 Å². The van der Waals surface area contributed by atoms with Gasteiger partial charge in [-0.2, -0.15) is 0 Å². The van der Waals surface area contributed by atoms with E-state index in [1.165, 1.54) is 19.2 Å². The third-order valence-corrected chi connectivity index (χ3v) is 8.44. The van der Waals surface area contributed by atoms with Crippen molar-refractivity contribution in [2.45, 2.75) is 43.5 Å². The highest BCUT2D eigenvalue weighted by Crippen LogP contribution is 2.20. The SMILES string of the molecule is CCCN(C(=O)CCCN(C)S(=O)(=O)c1ccc(F)cc1)C1CCS(=O)(=O)C1. The molecule has 0 bridgehead atoms. The Balaban J connectivity index is 1.93. The summed E-state index contributed by atoms with van der Waals surface area (Å²) in [6, 6.07) is 4.29. The molecule has 0 aliphatic carbocycles. The zero-order chi connectivity index (χ0) is 20.9. The number of halogens is 1. The highest BCUT2D eigenvalue weighted by molar-refractivity contribution is 7.91.